The molecule has 0 aliphatic heterocycles. The van der Waals surface area contributed by atoms with E-state index >= 15 is 0 Å². The Morgan fingerprint density at radius 3 is 3.00 bits per heavy atom. The number of aromatic amines is 1. The van der Waals surface area contributed by atoms with Gasteiger partial charge >= 0.3 is 0 Å². The largest absolute Gasteiger partial charge is 0.742 e. The number of H-pyrrole nitrogens is 1. The van der Waals surface area contributed by atoms with Crippen molar-refractivity contribution in [3.63, 3.8) is 0 Å². The summed E-state index contributed by atoms with van der Waals surface area (Å²) in [5.41, 5.74) is 1.15. The Morgan fingerprint density at radius 2 is 2.13 bits per heavy atom. The molecule has 2 aromatic rings. The molecule has 0 aromatic carbocycles. The third-order valence-electron chi connectivity index (χ3n) is 2.80. The molecule has 0 saturated heterocycles. The van der Waals surface area contributed by atoms with Crippen molar-refractivity contribution in [3.8, 4) is 0 Å². The maximum absolute atomic E-state index is 11.8. The molecule has 1 N–H and O–H groups in total. The van der Waals surface area contributed by atoms with Crippen molar-refractivity contribution in [2.24, 2.45) is 0 Å². The molecular formula is C10H9N2OS2-. The van der Waals surface area contributed by atoms with Crippen LogP contribution in [0.3, 0.4) is 0 Å². The standard InChI is InChI=1S/C10H10N2OS2/c13-8-7-5-3-1-2-4-6(5)15-9(7)12-10(14)11-8/h1-4H2,(H2,11,12,13,14)/p-1. The van der Waals surface area contributed by atoms with Gasteiger partial charge in [-0.3, -0.25) is 4.79 Å². The second kappa shape index (κ2) is 3.28. The number of thiophene rings is 1. The Labute approximate surface area is 96.0 Å². The summed E-state index contributed by atoms with van der Waals surface area (Å²) in [4.78, 5) is 20.7. The highest BCUT2D eigenvalue weighted by molar-refractivity contribution is 7.58. The molecule has 0 bridgehead atoms. The quantitative estimate of drug-likeness (QED) is 0.561. The number of rotatable bonds is 0. The van der Waals surface area contributed by atoms with Crippen molar-refractivity contribution >= 4 is 34.2 Å². The molecule has 3 nitrogen and oxygen atoms in total. The summed E-state index contributed by atoms with van der Waals surface area (Å²) in [5, 5.41) is 1.08. The minimum Gasteiger partial charge on any atom is -0.742 e. The van der Waals surface area contributed by atoms with Crippen molar-refractivity contribution in [2.45, 2.75) is 30.8 Å². The molecule has 2 aromatic heterocycles. The van der Waals surface area contributed by atoms with Gasteiger partial charge in [0.05, 0.1) is 5.39 Å². The highest BCUT2D eigenvalue weighted by atomic mass is 32.1. The number of aryl methyl sites for hydroxylation is 2. The van der Waals surface area contributed by atoms with E-state index in [9.17, 15) is 4.79 Å². The van der Waals surface area contributed by atoms with Crippen LogP contribution in [-0.4, -0.2) is 9.97 Å². The lowest BCUT2D eigenvalue weighted by Crippen LogP contribution is -2.10. The summed E-state index contributed by atoms with van der Waals surface area (Å²) in [6, 6.07) is 0. The Kier molecular flexibility index (Phi) is 2.03. The highest BCUT2D eigenvalue weighted by Crippen LogP contribution is 2.33. The van der Waals surface area contributed by atoms with Gasteiger partial charge in [0.25, 0.3) is 5.56 Å². The maximum Gasteiger partial charge on any atom is 0.258 e. The molecule has 0 atom stereocenters. The molecule has 3 rings (SSSR count). The van der Waals surface area contributed by atoms with Crippen LogP contribution < -0.4 is 5.56 Å². The zero-order chi connectivity index (χ0) is 10.4. The fourth-order valence-corrected chi connectivity index (χ4v) is 3.65. The maximum atomic E-state index is 11.8. The first kappa shape index (κ1) is 9.30. The topological polar surface area (TPSA) is 45.8 Å². The van der Waals surface area contributed by atoms with Crippen molar-refractivity contribution in [2.75, 3.05) is 0 Å². The SMILES string of the molecule is O=c1[nH]c([S-])nc2sc3c(c12)CCCC3. The van der Waals surface area contributed by atoms with Gasteiger partial charge in [0.2, 0.25) is 0 Å². The molecule has 15 heavy (non-hydrogen) atoms. The molecule has 0 spiro atoms. The van der Waals surface area contributed by atoms with Crippen molar-refractivity contribution < 1.29 is 0 Å². The first-order valence-electron chi connectivity index (χ1n) is 4.97. The van der Waals surface area contributed by atoms with E-state index in [1.807, 2.05) is 0 Å². The average molecular weight is 237 g/mol. The van der Waals surface area contributed by atoms with E-state index in [0.717, 1.165) is 23.1 Å². The van der Waals surface area contributed by atoms with Gasteiger partial charge in [-0.25, -0.2) is 4.98 Å². The molecule has 0 unspecified atom stereocenters. The molecule has 0 fully saturated rings. The molecule has 2 heterocycles. The summed E-state index contributed by atoms with van der Waals surface area (Å²) >= 11 is 6.54. The van der Waals surface area contributed by atoms with E-state index in [-0.39, 0.29) is 5.56 Å². The lowest BCUT2D eigenvalue weighted by atomic mass is 9.97. The minimum absolute atomic E-state index is 0.0654. The Morgan fingerprint density at radius 1 is 1.33 bits per heavy atom. The fraction of sp³-hybridized carbons (Fsp3) is 0.400. The van der Waals surface area contributed by atoms with E-state index in [1.165, 1.54) is 23.3 Å². The van der Waals surface area contributed by atoms with Gasteiger partial charge in [0, 0.05) is 4.88 Å². The molecule has 0 amide bonds. The number of hydrogen-bond donors (Lipinski definition) is 1. The number of aromatic nitrogens is 2. The number of fused-ring (bicyclic) bond motifs is 3. The molecule has 1 aliphatic rings. The van der Waals surface area contributed by atoms with Crippen LogP contribution in [0.25, 0.3) is 10.2 Å². The second-order valence-electron chi connectivity index (χ2n) is 3.76. The molecular weight excluding hydrogens is 228 g/mol. The predicted octanol–water partition coefficient (Wildman–Crippen LogP) is 1.77. The normalized spacial score (nSPS) is 15.5. The molecule has 78 valence electrons. The minimum atomic E-state index is -0.0654. The Balaban J connectivity index is 2.42. The summed E-state index contributed by atoms with van der Waals surface area (Å²) in [6.45, 7) is 0. The van der Waals surface area contributed by atoms with Crippen molar-refractivity contribution in [1.82, 2.24) is 9.97 Å². The summed E-state index contributed by atoms with van der Waals surface area (Å²) in [5.74, 6) is 0. The van der Waals surface area contributed by atoms with Gasteiger partial charge in [-0.2, -0.15) is 0 Å². The first-order chi connectivity index (χ1) is 7.25. The fourth-order valence-electron chi connectivity index (χ4n) is 2.14. The lowest BCUT2D eigenvalue weighted by molar-refractivity contribution is 0.700. The summed E-state index contributed by atoms with van der Waals surface area (Å²) in [6.07, 6.45) is 4.49. The Hall–Kier alpha value is -0.940. The van der Waals surface area contributed by atoms with Crippen molar-refractivity contribution in [1.29, 1.82) is 0 Å². The van der Waals surface area contributed by atoms with Crippen molar-refractivity contribution in [3.05, 3.63) is 20.8 Å². The third-order valence-corrected chi connectivity index (χ3v) is 4.18. The van der Waals surface area contributed by atoms with Gasteiger partial charge in [-0.05, 0) is 36.4 Å². The van der Waals surface area contributed by atoms with E-state index in [4.69, 9.17) is 12.6 Å². The van der Waals surface area contributed by atoms with E-state index in [0.29, 0.717) is 5.16 Å². The van der Waals surface area contributed by atoms with Gasteiger partial charge < -0.3 is 17.6 Å². The monoisotopic (exact) mass is 237 g/mol. The van der Waals surface area contributed by atoms with Crippen LogP contribution in [0.15, 0.2) is 9.95 Å². The van der Waals surface area contributed by atoms with Gasteiger partial charge in [-0.15, -0.1) is 11.3 Å². The number of nitrogens with one attached hydrogen (secondary N) is 1. The van der Waals surface area contributed by atoms with Crippen LogP contribution in [0.2, 0.25) is 0 Å². The molecule has 5 heteroatoms. The van der Waals surface area contributed by atoms with Crippen LogP contribution in [0.5, 0.6) is 0 Å². The molecule has 1 aliphatic carbocycles. The van der Waals surface area contributed by atoms with Crippen LogP contribution in [0, 0.1) is 0 Å². The van der Waals surface area contributed by atoms with Gasteiger partial charge in [-0.1, -0.05) is 0 Å². The van der Waals surface area contributed by atoms with Crippen LogP contribution in [-0.2, 0) is 25.5 Å². The van der Waals surface area contributed by atoms with E-state index in [2.05, 4.69) is 9.97 Å². The van der Waals surface area contributed by atoms with Gasteiger partial charge in [0.15, 0.2) is 0 Å². The van der Waals surface area contributed by atoms with E-state index < -0.39 is 0 Å². The highest BCUT2D eigenvalue weighted by Gasteiger charge is 2.18. The van der Waals surface area contributed by atoms with E-state index in [1.54, 1.807) is 11.3 Å². The van der Waals surface area contributed by atoms with Crippen LogP contribution in [0.4, 0.5) is 0 Å². The summed E-state index contributed by atoms with van der Waals surface area (Å²) < 4.78 is 0. The zero-order valence-electron chi connectivity index (χ0n) is 8.00. The number of nitrogens with zero attached hydrogens (tertiary/aromatic N) is 1. The summed E-state index contributed by atoms with van der Waals surface area (Å²) in [7, 11) is 0. The predicted molar refractivity (Wildman–Crippen MR) is 62.5 cm³/mol. The lowest BCUT2D eigenvalue weighted by Gasteiger charge is -2.09. The third kappa shape index (κ3) is 1.38. The molecule has 0 saturated carbocycles. The second-order valence-corrected chi connectivity index (χ2v) is 5.23. The number of hydrogen-bond acceptors (Lipinski definition) is 4. The smallest absolute Gasteiger partial charge is 0.258 e. The van der Waals surface area contributed by atoms with Crippen LogP contribution >= 0.6 is 11.3 Å². The first-order valence-corrected chi connectivity index (χ1v) is 6.20. The Bertz CT molecular complexity index is 585. The van der Waals surface area contributed by atoms with Crippen LogP contribution in [0.1, 0.15) is 23.3 Å². The zero-order valence-corrected chi connectivity index (χ0v) is 9.63. The van der Waals surface area contributed by atoms with Gasteiger partial charge in [0.1, 0.15) is 4.83 Å². The molecule has 0 radical (unpaired) electrons. The average Bonchev–Trinajstić information content (AvgIpc) is 2.54.